The summed E-state index contributed by atoms with van der Waals surface area (Å²) in [5.74, 6) is 0.845. The third-order valence-electron chi connectivity index (χ3n) is 4.78. The number of aliphatic hydroxyl groups is 1. The first-order valence-electron chi connectivity index (χ1n) is 7.08. The lowest BCUT2D eigenvalue weighted by molar-refractivity contribution is 0.0307. The van der Waals surface area contributed by atoms with Gasteiger partial charge in [0.15, 0.2) is 0 Å². The predicted molar refractivity (Wildman–Crippen MR) is 67.4 cm³/mol. The van der Waals surface area contributed by atoms with E-state index in [1.807, 2.05) is 0 Å². The number of rotatable bonds is 2. The van der Waals surface area contributed by atoms with Crippen LogP contribution < -0.4 is 0 Å². The summed E-state index contributed by atoms with van der Waals surface area (Å²) >= 11 is 0. The van der Waals surface area contributed by atoms with Crippen LogP contribution in [0, 0.1) is 5.92 Å². The Hall–Kier alpha value is -0.0800. The zero-order valence-corrected chi connectivity index (χ0v) is 10.9. The first-order valence-corrected chi connectivity index (χ1v) is 7.08. The Bertz CT molecular complexity index is 219. The first kappa shape index (κ1) is 12.4. The fourth-order valence-electron chi connectivity index (χ4n) is 3.68. The average Bonchev–Trinajstić information content (AvgIpc) is 2.29. The molecule has 0 aromatic carbocycles. The molecule has 94 valence electrons. The summed E-state index contributed by atoms with van der Waals surface area (Å²) in [7, 11) is 2.29. The van der Waals surface area contributed by atoms with Gasteiger partial charge in [0.05, 0.1) is 6.10 Å². The van der Waals surface area contributed by atoms with Crippen LogP contribution in [0.2, 0.25) is 0 Å². The molecule has 2 rings (SSSR count). The lowest BCUT2D eigenvalue weighted by Crippen LogP contribution is -2.47. The van der Waals surface area contributed by atoms with Crippen molar-refractivity contribution in [1.82, 2.24) is 4.90 Å². The van der Waals surface area contributed by atoms with Gasteiger partial charge in [0.1, 0.15) is 0 Å². The van der Waals surface area contributed by atoms with E-state index in [-0.39, 0.29) is 6.10 Å². The summed E-state index contributed by atoms with van der Waals surface area (Å²) in [5, 5.41) is 9.77. The summed E-state index contributed by atoms with van der Waals surface area (Å²) < 4.78 is 0. The topological polar surface area (TPSA) is 23.5 Å². The van der Waals surface area contributed by atoms with Crippen molar-refractivity contribution >= 4 is 0 Å². The van der Waals surface area contributed by atoms with E-state index in [2.05, 4.69) is 18.9 Å². The molecular formula is C14H27NO. The molecule has 16 heavy (non-hydrogen) atoms. The normalized spacial score (nSPS) is 41.2. The van der Waals surface area contributed by atoms with E-state index in [1.165, 1.54) is 38.5 Å². The fraction of sp³-hybridized carbons (Fsp3) is 1.00. The van der Waals surface area contributed by atoms with Crippen molar-refractivity contribution in [3.8, 4) is 0 Å². The van der Waals surface area contributed by atoms with E-state index in [0.29, 0.717) is 6.04 Å². The Morgan fingerprint density at radius 1 is 1.00 bits per heavy atom. The van der Waals surface area contributed by atoms with Crippen LogP contribution in [0.3, 0.4) is 0 Å². The van der Waals surface area contributed by atoms with Gasteiger partial charge in [0.25, 0.3) is 0 Å². The molecule has 0 saturated heterocycles. The Balaban J connectivity index is 1.91. The Labute approximate surface area is 100 Å². The Morgan fingerprint density at radius 3 is 2.44 bits per heavy atom. The summed E-state index contributed by atoms with van der Waals surface area (Å²) in [5.41, 5.74) is 0. The fourth-order valence-corrected chi connectivity index (χ4v) is 3.68. The van der Waals surface area contributed by atoms with Crippen molar-refractivity contribution in [2.24, 2.45) is 5.92 Å². The van der Waals surface area contributed by atoms with Crippen LogP contribution in [0.1, 0.15) is 58.3 Å². The molecule has 0 amide bonds. The van der Waals surface area contributed by atoms with Gasteiger partial charge >= 0.3 is 0 Å². The van der Waals surface area contributed by atoms with Gasteiger partial charge < -0.3 is 10.0 Å². The van der Waals surface area contributed by atoms with Gasteiger partial charge in [-0.25, -0.2) is 0 Å². The highest BCUT2D eigenvalue weighted by Crippen LogP contribution is 2.32. The smallest absolute Gasteiger partial charge is 0.0555 e. The maximum Gasteiger partial charge on any atom is 0.0555 e. The Morgan fingerprint density at radius 2 is 1.75 bits per heavy atom. The second-order valence-electron chi connectivity index (χ2n) is 5.97. The van der Waals surface area contributed by atoms with Crippen LogP contribution in [-0.2, 0) is 0 Å². The van der Waals surface area contributed by atoms with E-state index >= 15 is 0 Å². The zero-order valence-electron chi connectivity index (χ0n) is 10.9. The minimum Gasteiger partial charge on any atom is -0.393 e. The van der Waals surface area contributed by atoms with Crippen LogP contribution in [0.25, 0.3) is 0 Å². The molecule has 0 bridgehead atoms. The third kappa shape index (κ3) is 2.78. The van der Waals surface area contributed by atoms with E-state index in [4.69, 9.17) is 0 Å². The van der Waals surface area contributed by atoms with Crippen molar-refractivity contribution in [3.63, 3.8) is 0 Å². The maximum absolute atomic E-state index is 9.77. The number of aliphatic hydroxyl groups excluding tert-OH is 1. The molecule has 2 fully saturated rings. The van der Waals surface area contributed by atoms with Crippen molar-refractivity contribution in [3.05, 3.63) is 0 Å². The van der Waals surface area contributed by atoms with Gasteiger partial charge in [0, 0.05) is 12.1 Å². The maximum atomic E-state index is 9.77. The first-order chi connectivity index (χ1) is 7.68. The highest BCUT2D eigenvalue weighted by Gasteiger charge is 2.31. The summed E-state index contributed by atoms with van der Waals surface area (Å²) in [6, 6.07) is 1.40. The number of hydrogen-bond acceptors (Lipinski definition) is 2. The summed E-state index contributed by atoms with van der Waals surface area (Å²) in [6.45, 7) is 2.40. The van der Waals surface area contributed by atoms with Crippen molar-refractivity contribution in [2.75, 3.05) is 7.05 Å². The molecule has 1 N–H and O–H groups in total. The number of nitrogens with zero attached hydrogens (tertiary/aromatic N) is 1. The quantitative estimate of drug-likeness (QED) is 0.781. The van der Waals surface area contributed by atoms with E-state index < -0.39 is 0 Å². The standard InChI is InChI=1S/C14H27NO/c1-11-6-3-4-9-14(11)15(2)12-7-5-8-13(16)10-12/h11-14,16H,3-10H2,1-2H3. The molecule has 2 heteroatoms. The molecule has 4 unspecified atom stereocenters. The second-order valence-corrected chi connectivity index (χ2v) is 5.97. The van der Waals surface area contributed by atoms with Gasteiger partial charge in [-0.05, 0) is 51.5 Å². The molecular weight excluding hydrogens is 198 g/mol. The molecule has 0 radical (unpaired) electrons. The van der Waals surface area contributed by atoms with Gasteiger partial charge in [-0.15, -0.1) is 0 Å². The molecule has 2 aliphatic carbocycles. The monoisotopic (exact) mass is 225 g/mol. The zero-order chi connectivity index (χ0) is 11.5. The van der Waals surface area contributed by atoms with Crippen LogP contribution in [-0.4, -0.2) is 35.2 Å². The highest BCUT2D eigenvalue weighted by molar-refractivity contribution is 4.86. The van der Waals surface area contributed by atoms with E-state index in [0.717, 1.165) is 24.8 Å². The van der Waals surface area contributed by atoms with Crippen LogP contribution in [0.4, 0.5) is 0 Å². The lowest BCUT2D eigenvalue weighted by atomic mass is 9.82. The van der Waals surface area contributed by atoms with E-state index in [9.17, 15) is 5.11 Å². The van der Waals surface area contributed by atoms with Crippen LogP contribution >= 0.6 is 0 Å². The molecule has 2 aliphatic rings. The molecule has 0 heterocycles. The molecule has 0 aromatic heterocycles. The summed E-state index contributed by atoms with van der Waals surface area (Å²) in [4.78, 5) is 2.59. The van der Waals surface area contributed by atoms with E-state index in [1.54, 1.807) is 0 Å². The minimum atomic E-state index is -0.0416. The van der Waals surface area contributed by atoms with Gasteiger partial charge in [-0.3, -0.25) is 0 Å². The van der Waals surface area contributed by atoms with Gasteiger partial charge in [-0.2, -0.15) is 0 Å². The van der Waals surface area contributed by atoms with Crippen molar-refractivity contribution < 1.29 is 5.11 Å². The van der Waals surface area contributed by atoms with Crippen LogP contribution in [0.5, 0.6) is 0 Å². The molecule has 0 spiro atoms. The van der Waals surface area contributed by atoms with Crippen molar-refractivity contribution in [2.45, 2.75) is 76.5 Å². The van der Waals surface area contributed by atoms with Crippen LogP contribution in [0.15, 0.2) is 0 Å². The third-order valence-corrected chi connectivity index (χ3v) is 4.78. The predicted octanol–water partition coefficient (Wildman–Crippen LogP) is 2.80. The summed E-state index contributed by atoms with van der Waals surface area (Å²) in [6.07, 6.45) is 10.0. The molecule has 0 aliphatic heterocycles. The minimum absolute atomic E-state index is 0.0416. The average molecular weight is 225 g/mol. The highest BCUT2D eigenvalue weighted by atomic mass is 16.3. The largest absolute Gasteiger partial charge is 0.393 e. The molecule has 4 atom stereocenters. The molecule has 0 aromatic rings. The van der Waals surface area contributed by atoms with Gasteiger partial charge in [-0.1, -0.05) is 19.8 Å². The lowest BCUT2D eigenvalue weighted by Gasteiger charge is -2.43. The number of hydrogen-bond donors (Lipinski definition) is 1. The SMILES string of the molecule is CC1CCCCC1N(C)C1CCCC(O)C1. The molecule has 2 saturated carbocycles. The van der Waals surface area contributed by atoms with Gasteiger partial charge in [0.2, 0.25) is 0 Å². The second kappa shape index (κ2) is 5.50. The van der Waals surface area contributed by atoms with Crippen molar-refractivity contribution in [1.29, 1.82) is 0 Å². The Kier molecular flexibility index (Phi) is 4.26. The molecule has 2 nitrogen and oxygen atoms in total.